The maximum Gasteiger partial charge on any atom is 0.158 e. The van der Waals surface area contributed by atoms with E-state index in [4.69, 9.17) is 10.5 Å². The van der Waals surface area contributed by atoms with E-state index in [1.165, 1.54) is 0 Å². The Kier molecular flexibility index (Phi) is 4.27. The number of rotatable bonds is 4. The van der Waals surface area contributed by atoms with Crippen LogP contribution in [-0.2, 0) is 9.84 Å². The van der Waals surface area contributed by atoms with Gasteiger partial charge in [0.25, 0.3) is 0 Å². The Balaban J connectivity index is 2.69. The van der Waals surface area contributed by atoms with Crippen molar-refractivity contribution in [1.29, 1.82) is 0 Å². The maximum absolute atomic E-state index is 11.9. The Morgan fingerprint density at radius 2 is 1.89 bits per heavy atom. The molecular weight excluding hydrogens is 250 g/mol. The highest BCUT2D eigenvalue weighted by atomic mass is 32.2. The Labute approximate surface area is 109 Å². The van der Waals surface area contributed by atoms with Crippen LogP contribution < -0.4 is 10.5 Å². The molecule has 2 N–H and O–H groups in total. The molecule has 5 heteroatoms. The topological polar surface area (TPSA) is 69.4 Å². The monoisotopic (exact) mass is 271 g/mol. The van der Waals surface area contributed by atoms with Gasteiger partial charge in [-0.15, -0.1) is 0 Å². The Morgan fingerprint density at radius 3 is 2.39 bits per heavy atom. The molecule has 0 aliphatic carbocycles. The number of nitrogens with two attached hydrogens (primary N) is 1. The zero-order valence-electron chi connectivity index (χ0n) is 11.4. The summed E-state index contributed by atoms with van der Waals surface area (Å²) >= 11 is 0. The molecular formula is C13H21NO3S. The smallest absolute Gasteiger partial charge is 0.158 e. The maximum atomic E-state index is 11.9. The van der Waals surface area contributed by atoms with E-state index in [9.17, 15) is 8.42 Å². The van der Waals surface area contributed by atoms with Gasteiger partial charge < -0.3 is 10.5 Å². The van der Waals surface area contributed by atoms with Crippen LogP contribution in [-0.4, -0.2) is 25.5 Å². The molecule has 0 saturated heterocycles. The molecule has 4 nitrogen and oxygen atoms in total. The number of aryl methyl sites for hydroxylation is 1. The Bertz CT molecular complexity index is 495. The van der Waals surface area contributed by atoms with Gasteiger partial charge in [-0.05, 0) is 39.3 Å². The van der Waals surface area contributed by atoms with Crippen molar-refractivity contribution < 1.29 is 13.2 Å². The molecule has 0 aliphatic heterocycles. The summed E-state index contributed by atoms with van der Waals surface area (Å²) < 4.78 is 28.5. The quantitative estimate of drug-likeness (QED) is 0.852. The summed E-state index contributed by atoms with van der Waals surface area (Å²) in [6, 6.07) is 5.45. The number of para-hydroxylation sites is 1. The first-order valence-corrected chi connectivity index (χ1v) is 7.50. The number of anilines is 1. The van der Waals surface area contributed by atoms with Crippen LogP contribution in [0.1, 0.15) is 26.3 Å². The standard InChI is InChI=1S/C13H21NO3S/c1-10-6-5-7-11(14)12(10)17-8-9-18(15,16)13(2,3)4/h5-7H,8-9,14H2,1-4H3. The average Bonchev–Trinajstić information content (AvgIpc) is 2.20. The second-order valence-electron chi connectivity index (χ2n) is 5.27. The zero-order chi connectivity index (χ0) is 14.0. The predicted molar refractivity (Wildman–Crippen MR) is 74.6 cm³/mol. The lowest BCUT2D eigenvalue weighted by atomic mass is 10.2. The molecule has 0 aliphatic rings. The normalized spacial score (nSPS) is 12.4. The lowest BCUT2D eigenvalue weighted by molar-refractivity contribution is 0.339. The number of ether oxygens (including phenoxy) is 1. The molecule has 0 heterocycles. The van der Waals surface area contributed by atoms with Crippen molar-refractivity contribution in [2.45, 2.75) is 32.4 Å². The van der Waals surface area contributed by atoms with E-state index in [0.717, 1.165) is 5.56 Å². The van der Waals surface area contributed by atoms with Gasteiger partial charge >= 0.3 is 0 Å². The summed E-state index contributed by atoms with van der Waals surface area (Å²) in [5, 5.41) is 0. The molecule has 0 bridgehead atoms. The molecule has 0 fully saturated rings. The molecule has 1 rings (SSSR count). The first kappa shape index (κ1) is 14.8. The highest BCUT2D eigenvalue weighted by Gasteiger charge is 2.28. The fraction of sp³-hybridized carbons (Fsp3) is 0.538. The summed E-state index contributed by atoms with van der Waals surface area (Å²) in [6.07, 6.45) is 0. The minimum Gasteiger partial charge on any atom is -0.490 e. The van der Waals surface area contributed by atoms with Gasteiger partial charge in [-0.2, -0.15) is 0 Å². The summed E-state index contributed by atoms with van der Waals surface area (Å²) in [5.41, 5.74) is 7.22. The molecule has 0 saturated carbocycles. The number of nitrogen functional groups attached to an aromatic ring is 1. The number of hydrogen-bond acceptors (Lipinski definition) is 4. The van der Waals surface area contributed by atoms with E-state index < -0.39 is 14.6 Å². The Hall–Kier alpha value is -1.23. The number of hydrogen-bond donors (Lipinski definition) is 1. The molecule has 0 aromatic heterocycles. The number of sulfone groups is 1. The van der Waals surface area contributed by atoms with Crippen LogP contribution in [0.2, 0.25) is 0 Å². The first-order chi connectivity index (χ1) is 8.15. The van der Waals surface area contributed by atoms with Crippen molar-refractivity contribution in [3.63, 3.8) is 0 Å². The lowest BCUT2D eigenvalue weighted by Gasteiger charge is -2.19. The van der Waals surface area contributed by atoms with Crippen molar-refractivity contribution in [3.8, 4) is 5.75 Å². The van der Waals surface area contributed by atoms with E-state index in [-0.39, 0.29) is 12.4 Å². The summed E-state index contributed by atoms with van der Waals surface area (Å²) in [4.78, 5) is 0. The summed E-state index contributed by atoms with van der Waals surface area (Å²) in [5.74, 6) is 0.561. The largest absolute Gasteiger partial charge is 0.490 e. The van der Waals surface area contributed by atoms with E-state index in [2.05, 4.69) is 0 Å². The number of benzene rings is 1. The molecule has 0 amide bonds. The minimum atomic E-state index is -3.16. The third kappa shape index (κ3) is 3.38. The van der Waals surface area contributed by atoms with E-state index in [0.29, 0.717) is 11.4 Å². The average molecular weight is 271 g/mol. The minimum absolute atomic E-state index is 0.00965. The SMILES string of the molecule is Cc1cccc(N)c1OCCS(=O)(=O)C(C)(C)C. The van der Waals surface area contributed by atoms with Crippen LogP contribution in [0.25, 0.3) is 0 Å². The van der Waals surface area contributed by atoms with Crippen molar-refractivity contribution >= 4 is 15.5 Å². The van der Waals surface area contributed by atoms with Crippen molar-refractivity contribution in [3.05, 3.63) is 23.8 Å². The summed E-state index contributed by atoms with van der Waals surface area (Å²) in [7, 11) is -3.16. The molecule has 0 unspecified atom stereocenters. The zero-order valence-corrected chi connectivity index (χ0v) is 12.2. The molecule has 0 atom stereocenters. The van der Waals surface area contributed by atoms with Gasteiger partial charge in [0.2, 0.25) is 0 Å². The van der Waals surface area contributed by atoms with Crippen LogP contribution in [0.4, 0.5) is 5.69 Å². The second kappa shape index (κ2) is 5.18. The van der Waals surface area contributed by atoms with Crippen LogP contribution in [0.3, 0.4) is 0 Å². The molecule has 0 radical (unpaired) electrons. The van der Waals surface area contributed by atoms with E-state index in [1.807, 2.05) is 19.1 Å². The van der Waals surface area contributed by atoms with Crippen molar-refractivity contribution in [1.82, 2.24) is 0 Å². The van der Waals surface area contributed by atoms with E-state index in [1.54, 1.807) is 26.8 Å². The summed E-state index contributed by atoms with van der Waals surface area (Å²) in [6.45, 7) is 7.05. The van der Waals surface area contributed by atoms with Crippen LogP contribution in [0, 0.1) is 6.92 Å². The third-order valence-corrected chi connectivity index (χ3v) is 5.34. The Morgan fingerprint density at radius 1 is 1.28 bits per heavy atom. The van der Waals surface area contributed by atoms with Gasteiger partial charge in [0.05, 0.1) is 16.2 Å². The molecule has 1 aromatic rings. The van der Waals surface area contributed by atoms with Crippen LogP contribution in [0.5, 0.6) is 5.75 Å². The highest BCUT2D eigenvalue weighted by Crippen LogP contribution is 2.25. The molecule has 102 valence electrons. The van der Waals surface area contributed by atoms with Gasteiger partial charge in [-0.1, -0.05) is 12.1 Å². The van der Waals surface area contributed by atoms with Crippen LogP contribution in [0.15, 0.2) is 18.2 Å². The van der Waals surface area contributed by atoms with Crippen LogP contribution >= 0.6 is 0 Å². The predicted octanol–water partition coefficient (Wildman–Crippen LogP) is 2.17. The van der Waals surface area contributed by atoms with Crippen molar-refractivity contribution in [2.75, 3.05) is 18.1 Å². The fourth-order valence-corrected chi connectivity index (χ4v) is 2.35. The van der Waals surface area contributed by atoms with E-state index >= 15 is 0 Å². The van der Waals surface area contributed by atoms with Crippen molar-refractivity contribution in [2.24, 2.45) is 0 Å². The highest BCUT2D eigenvalue weighted by molar-refractivity contribution is 7.92. The molecule has 0 spiro atoms. The van der Waals surface area contributed by atoms with Gasteiger partial charge in [0.1, 0.15) is 12.4 Å². The first-order valence-electron chi connectivity index (χ1n) is 5.85. The van der Waals surface area contributed by atoms with Gasteiger partial charge in [0.15, 0.2) is 9.84 Å². The third-order valence-electron chi connectivity index (χ3n) is 2.77. The second-order valence-corrected chi connectivity index (χ2v) is 8.14. The van der Waals surface area contributed by atoms with Gasteiger partial charge in [0, 0.05) is 0 Å². The molecule has 18 heavy (non-hydrogen) atoms. The molecule has 1 aromatic carbocycles. The fourth-order valence-electron chi connectivity index (χ4n) is 1.43. The van der Waals surface area contributed by atoms with Gasteiger partial charge in [-0.25, -0.2) is 8.42 Å². The lowest BCUT2D eigenvalue weighted by Crippen LogP contribution is -2.32. The van der Waals surface area contributed by atoms with Gasteiger partial charge in [-0.3, -0.25) is 0 Å².